The normalized spacial score (nSPS) is 25.2. The first kappa shape index (κ1) is 15.9. The van der Waals surface area contributed by atoms with Gasteiger partial charge in [-0.2, -0.15) is 0 Å². The van der Waals surface area contributed by atoms with Crippen LogP contribution in [0.3, 0.4) is 0 Å². The van der Waals surface area contributed by atoms with Gasteiger partial charge < -0.3 is 10.4 Å². The number of amides is 1. The van der Waals surface area contributed by atoms with Crippen LogP contribution in [-0.4, -0.2) is 30.8 Å². The van der Waals surface area contributed by atoms with Gasteiger partial charge in [-0.25, -0.2) is 12.8 Å². The Kier molecular flexibility index (Phi) is 4.08. The van der Waals surface area contributed by atoms with Crippen molar-refractivity contribution in [1.29, 1.82) is 0 Å². The van der Waals surface area contributed by atoms with Gasteiger partial charge in [-0.1, -0.05) is 6.92 Å². The molecule has 21 heavy (non-hydrogen) atoms. The lowest BCUT2D eigenvalue weighted by Gasteiger charge is -2.44. The summed E-state index contributed by atoms with van der Waals surface area (Å²) in [7, 11) is -3.96. The topological polar surface area (TPSA) is 83.5 Å². The van der Waals surface area contributed by atoms with Crippen molar-refractivity contribution in [2.75, 3.05) is 11.9 Å². The summed E-state index contributed by atoms with van der Waals surface area (Å²) in [5, 5.41) is 11.8. The minimum Gasteiger partial charge on any atom is -0.395 e. The highest BCUT2D eigenvalue weighted by atomic mass is 32.2. The van der Waals surface area contributed by atoms with Crippen LogP contribution in [0.5, 0.6) is 0 Å². The van der Waals surface area contributed by atoms with E-state index in [0.29, 0.717) is 12.8 Å². The summed E-state index contributed by atoms with van der Waals surface area (Å²) in [5.41, 5.74) is 0.193. The number of hydrogen-bond acceptors (Lipinski definition) is 4. The fourth-order valence-electron chi connectivity index (χ4n) is 2.88. The van der Waals surface area contributed by atoms with E-state index >= 15 is 0 Å². The van der Waals surface area contributed by atoms with Crippen LogP contribution < -0.4 is 5.32 Å². The summed E-state index contributed by atoms with van der Waals surface area (Å²) < 4.78 is 38.0. The molecule has 0 atom stereocenters. The Labute approximate surface area is 123 Å². The molecule has 1 fully saturated rings. The van der Waals surface area contributed by atoms with Crippen LogP contribution in [0.2, 0.25) is 0 Å². The van der Waals surface area contributed by atoms with E-state index in [1.807, 2.05) is 6.92 Å². The molecule has 0 unspecified atom stereocenters. The summed E-state index contributed by atoms with van der Waals surface area (Å²) in [6, 6.07) is 3.45. The minimum atomic E-state index is -3.96. The molecule has 0 aliphatic heterocycles. The Hall–Kier alpha value is -1.47. The van der Waals surface area contributed by atoms with E-state index in [-0.39, 0.29) is 17.5 Å². The summed E-state index contributed by atoms with van der Waals surface area (Å²) >= 11 is 0. The van der Waals surface area contributed by atoms with E-state index in [0.717, 1.165) is 12.1 Å². The standard InChI is InChI=1S/C14H18FNO4S/c1-9-6-14(7-9,8-17)21(19,20)13-4-3-11(5-12(13)15)16-10(2)18/h3-5,9,17H,6-8H2,1-2H3,(H,16,18). The third kappa shape index (κ3) is 2.67. The second-order valence-corrected chi connectivity index (χ2v) is 8.00. The quantitative estimate of drug-likeness (QED) is 0.886. The van der Waals surface area contributed by atoms with Crippen molar-refractivity contribution in [3.63, 3.8) is 0 Å². The first-order valence-corrected chi connectivity index (χ1v) is 8.13. The lowest BCUT2D eigenvalue weighted by molar-refractivity contribution is -0.114. The van der Waals surface area contributed by atoms with Crippen molar-refractivity contribution in [2.45, 2.75) is 36.3 Å². The maximum atomic E-state index is 14.1. The van der Waals surface area contributed by atoms with Gasteiger partial charge in [-0.15, -0.1) is 0 Å². The molecule has 1 amide bonds. The molecule has 2 N–H and O–H groups in total. The zero-order chi connectivity index (χ0) is 15.8. The highest BCUT2D eigenvalue weighted by molar-refractivity contribution is 7.93. The van der Waals surface area contributed by atoms with Gasteiger partial charge in [0.2, 0.25) is 5.91 Å². The third-order valence-corrected chi connectivity index (χ3v) is 6.35. The van der Waals surface area contributed by atoms with E-state index in [1.54, 1.807) is 0 Å². The van der Waals surface area contributed by atoms with Gasteiger partial charge in [-0.3, -0.25) is 4.79 Å². The monoisotopic (exact) mass is 315 g/mol. The van der Waals surface area contributed by atoms with Crippen LogP contribution in [0.1, 0.15) is 26.7 Å². The molecule has 0 aromatic heterocycles. The Balaban J connectivity index is 2.39. The molecule has 1 aliphatic carbocycles. The maximum Gasteiger partial charge on any atom is 0.221 e. The Morgan fingerprint density at radius 2 is 2.10 bits per heavy atom. The second kappa shape index (κ2) is 5.38. The lowest BCUT2D eigenvalue weighted by atomic mass is 9.76. The number of halogens is 1. The number of carbonyl (C=O) groups excluding carboxylic acids is 1. The molecule has 1 saturated carbocycles. The fraction of sp³-hybridized carbons (Fsp3) is 0.500. The number of carbonyl (C=O) groups is 1. The van der Waals surface area contributed by atoms with Gasteiger partial charge in [0.15, 0.2) is 9.84 Å². The molecule has 0 heterocycles. The first-order chi connectivity index (χ1) is 9.72. The number of nitrogens with one attached hydrogen (secondary N) is 1. The molecule has 0 saturated heterocycles. The number of hydrogen-bond donors (Lipinski definition) is 2. The van der Waals surface area contributed by atoms with Crippen LogP contribution in [0, 0.1) is 11.7 Å². The van der Waals surface area contributed by atoms with Crippen molar-refractivity contribution in [1.82, 2.24) is 0 Å². The predicted molar refractivity (Wildman–Crippen MR) is 76.1 cm³/mol. The van der Waals surface area contributed by atoms with Gasteiger partial charge in [0, 0.05) is 12.6 Å². The molecule has 7 heteroatoms. The van der Waals surface area contributed by atoms with Gasteiger partial charge in [0.05, 0.1) is 6.61 Å². The van der Waals surface area contributed by atoms with Gasteiger partial charge >= 0.3 is 0 Å². The molecule has 1 aliphatic rings. The molecule has 0 spiro atoms. The van der Waals surface area contributed by atoms with E-state index in [9.17, 15) is 22.7 Å². The Morgan fingerprint density at radius 1 is 1.48 bits per heavy atom. The minimum absolute atomic E-state index is 0.189. The average Bonchev–Trinajstić information content (AvgIpc) is 2.33. The van der Waals surface area contributed by atoms with Crippen molar-refractivity contribution in [3.05, 3.63) is 24.0 Å². The second-order valence-electron chi connectivity index (χ2n) is 5.68. The molecular formula is C14H18FNO4S. The molecule has 0 bridgehead atoms. The molecule has 5 nitrogen and oxygen atoms in total. The molecule has 116 valence electrons. The number of anilines is 1. The summed E-state index contributed by atoms with van der Waals surface area (Å²) in [6.07, 6.45) is 0.636. The van der Waals surface area contributed by atoms with Crippen LogP contribution in [0.25, 0.3) is 0 Å². The predicted octanol–water partition coefficient (Wildman–Crippen LogP) is 1.72. The van der Waals surface area contributed by atoms with Gasteiger partial charge in [0.1, 0.15) is 15.5 Å². The summed E-state index contributed by atoms with van der Waals surface area (Å²) in [5.74, 6) is -1.10. The van der Waals surface area contributed by atoms with Crippen LogP contribution >= 0.6 is 0 Å². The first-order valence-electron chi connectivity index (χ1n) is 6.64. The number of rotatable bonds is 4. The SMILES string of the molecule is CC(=O)Nc1ccc(S(=O)(=O)C2(CO)CC(C)C2)c(F)c1. The Bertz CT molecular complexity index is 666. The van der Waals surface area contributed by atoms with E-state index in [1.165, 1.54) is 13.0 Å². The third-order valence-electron chi connectivity index (χ3n) is 3.84. The van der Waals surface area contributed by atoms with E-state index in [4.69, 9.17) is 0 Å². The van der Waals surface area contributed by atoms with Crippen LogP contribution in [-0.2, 0) is 14.6 Å². The smallest absolute Gasteiger partial charge is 0.221 e. The highest BCUT2D eigenvalue weighted by Gasteiger charge is 2.53. The number of benzene rings is 1. The summed E-state index contributed by atoms with van der Waals surface area (Å²) in [4.78, 5) is 10.5. The molecule has 0 radical (unpaired) electrons. The Morgan fingerprint density at radius 3 is 2.52 bits per heavy atom. The van der Waals surface area contributed by atoms with Crippen LogP contribution in [0.4, 0.5) is 10.1 Å². The van der Waals surface area contributed by atoms with Crippen molar-refractivity contribution in [2.24, 2.45) is 5.92 Å². The van der Waals surface area contributed by atoms with E-state index in [2.05, 4.69) is 5.32 Å². The molecular weight excluding hydrogens is 297 g/mol. The van der Waals surface area contributed by atoms with Gasteiger partial charge in [-0.05, 0) is 37.0 Å². The number of aliphatic hydroxyl groups is 1. The van der Waals surface area contributed by atoms with Gasteiger partial charge in [0.25, 0.3) is 0 Å². The van der Waals surface area contributed by atoms with Crippen molar-refractivity contribution in [3.8, 4) is 0 Å². The van der Waals surface area contributed by atoms with Crippen LogP contribution in [0.15, 0.2) is 23.1 Å². The molecule has 1 aromatic carbocycles. The largest absolute Gasteiger partial charge is 0.395 e. The lowest BCUT2D eigenvalue weighted by Crippen LogP contribution is -2.52. The molecule has 2 rings (SSSR count). The summed E-state index contributed by atoms with van der Waals surface area (Å²) in [6.45, 7) is 2.64. The fourth-order valence-corrected chi connectivity index (χ4v) is 5.08. The van der Waals surface area contributed by atoms with Crippen molar-refractivity contribution < 1.29 is 22.7 Å². The maximum absolute atomic E-state index is 14.1. The van der Waals surface area contributed by atoms with Crippen molar-refractivity contribution >= 4 is 21.4 Å². The van der Waals surface area contributed by atoms with E-state index < -0.39 is 31.9 Å². The highest BCUT2D eigenvalue weighted by Crippen LogP contribution is 2.46. The zero-order valence-corrected chi connectivity index (χ0v) is 12.7. The zero-order valence-electron chi connectivity index (χ0n) is 11.9. The number of sulfone groups is 1. The molecule has 1 aromatic rings. The number of aliphatic hydroxyl groups excluding tert-OH is 1. The average molecular weight is 315 g/mol.